The number of rotatable bonds is 2. The zero-order valence-electron chi connectivity index (χ0n) is 22.6. The Morgan fingerprint density at radius 3 is 1.49 bits per heavy atom. The molecule has 0 bridgehead atoms. The van der Waals surface area contributed by atoms with E-state index in [1.165, 1.54) is 87.6 Å². The minimum atomic E-state index is 0.951. The van der Waals surface area contributed by atoms with E-state index in [-0.39, 0.29) is 0 Å². The maximum Gasteiger partial charge on any atom is -0.000706 e. The van der Waals surface area contributed by atoms with Crippen molar-refractivity contribution in [3.63, 3.8) is 0 Å². The van der Waals surface area contributed by atoms with Gasteiger partial charge in [-0.25, -0.2) is 0 Å². The van der Waals surface area contributed by atoms with E-state index in [1.807, 2.05) is 0 Å². The van der Waals surface area contributed by atoms with Gasteiger partial charge in [0, 0.05) is 0 Å². The first-order valence-corrected chi connectivity index (χ1v) is 14.4. The highest BCUT2D eigenvalue weighted by atomic mass is 14.3. The number of benzene rings is 8. The topological polar surface area (TPSA) is 0 Å². The SMILES string of the molecule is c1ccc2c(c1)Cc1c-2ccc(-c2cccc3cc4ccccc4cc23)c1-c1cccc2cc3ccccc3cc12. The molecule has 41 heavy (non-hydrogen) atoms. The van der Waals surface area contributed by atoms with Crippen molar-refractivity contribution in [1.82, 2.24) is 0 Å². The van der Waals surface area contributed by atoms with Crippen LogP contribution in [-0.2, 0) is 6.42 Å². The maximum atomic E-state index is 2.39. The molecule has 190 valence electrons. The molecule has 0 N–H and O–H groups in total. The van der Waals surface area contributed by atoms with Crippen LogP contribution in [-0.4, -0.2) is 0 Å². The van der Waals surface area contributed by atoms with Crippen molar-refractivity contribution >= 4 is 43.1 Å². The zero-order valence-corrected chi connectivity index (χ0v) is 22.6. The van der Waals surface area contributed by atoms with Gasteiger partial charge in [-0.3, -0.25) is 0 Å². The van der Waals surface area contributed by atoms with Crippen LogP contribution in [0.25, 0.3) is 76.5 Å². The van der Waals surface area contributed by atoms with E-state index in [9.17, 15) is 0 Å². The summed E-state index contributed by atoms with van der Waals surface area (Å²) in [6.07, 6.45) is 0.951. The molecule has 0 aromatic heterocycles. The molecule has 0 fully saturated rings. The molecule has 0 unspecified atom stereocenters. The predicted octanol–water partition coefficient (Wildman–Crippen LogP) is 11.2. The van der Waals surface area contributed by atoms with Crippen LogP contribution in [0.15, 0.2) is 146 Å². The third-order valence-electron chi connectivity index (χ3n) is 9.04. The van der Waals surface area contributed by atoms with Crippen LogP contribution < -0.4 is 0 Å². The van der Waals surface area contributed by atoms with Crippen molar-refractivity contribution in [2.75, 3.05) is 0 Å². The van der Waals surface area contributed by atoms with Gasteiger partial charge in [0.1, 0.15) is 0 Å². The van der Waals surface area contributed by atoms with Gasteiger partial charge in [-0.2, -0.15) is 0 Å². The first kappa shape index (κ1) is 22.6. The van der Waals surface area contributed by atoms with Gasteiger partial charge in [-0.15, -0.1) is 0 Å². The summed E-state index contributed by atoms with van der Waals surface area (Å²) in [7, 11) is 0. The van der Waals surface area contributed by atoms with Gasteiger partial charge >= 0.3 is 0 Å². The second-order valence-corrected chi connectivity index (χ2v) is 11.3. The van der Waals surface area contributed by atoms with Crippen molar-refractivity contribution in [3.05, 3.63) is 157 Å². The third kappa shape index (κ3) is 3.41. The number of fused-ring (bicyclic) bond motifs is 7. The normalized spacial score (nSPS) is 12.3. The molecule has 1 aliphatic rings. The van der Waals surface area contributed by atoms with E-state index in [2.05, 4.69) is 146 Å². The Balaban J connectivity index is 1.40. The van der Waals surface area contributed by atoms with Crippen molar-refractivity contribution in [3.8, 4) is 33.4 Å². The lowest BCUT2D eigenvalue weighted by molar-refractivity contribution is 1.27. The fourth-order valence-electron chi connectivity index (χ4n) is 7.13. The van der Waals surface area contributed by atoms with Gasteiger partial charge < -0.3 is 0 Å². The standard InChI is InChI=1S/C41H26/c1-3-11-28-23-38-30(21-26(28)9-1)14-7-17-34(38)37-20-19-35-33-16-6-5-13-32(33)25-40(35)41(37)36-18-8-15-31-22-27-10-2-4-12-29(27)24-39(31)36/h1-24H,25H2. The molecule has 0 saturated heterocycles. The van der Waals surface area contributed by atoms with Crippen LogP contribution in [0, 0.1) is 0 Å². The van der Waals surface area contributed by atoms with Crippen LogP contribution in [0.1, 0.15) is 11.1 Å². The van der Waals surface area contributed by atoms with Crippen molar-refractivity contribution in [2.24, 2.45) is 0 Å². The Hall–Kier alpha value is -5.20. The summed E-state index contributed by atoms with van der Waals surface area (Å²) in [5.41, 5.74) is 10.8. The molecule has 1 aliphatic carbocycles. The summed E-state index contributed by atoms with van der Waals surface area (Å²) in [4.78, 5) is 0. The second-order valence-electron chi connectivity index (χ2n) is 11.3. The summed E-state index contributed by atoms with van der Waals surface area (Å²) in [6.45, 7) is 0. The summed E-state index contributed by atoms with van der Waals surface area (Å²) >= 11 is 0. The van der Waals surface area contributed by atoms with Crippen LogP contribution >= 0.6 is 0 Å². The third-order valence-corrected chi connectivity index (χ3v) is 9.04. The fourth-order valence-corrected chi connectivity index (χ4v) is 7.13. The summed E-state index contributed by atoms with van der Waals surface area (Å²) in [5.74, 6) is 0. The van der Waals surface area contributed by atoms with Crippen LogP contribution in [0.4, 0.5) is 0 Å². The van der Waals surface area contributed by atoms with E-state index in [4.69, 9.17) is 0 Å². The van der Waals surface area contributed by atoms with Crippen LogP contribution in [0.5, 0.6) is 0 Å². The van der Waals surface area contributed by atoms with E-state index in [0.29, 0.717) is 0 Å². The highest BCUT2D eigenvalue weighted by Crippen LogP contribution is 2.48. The molecule has 0 spiro atoms. The smallest absolute Gasteiger partial charge is 0.000706 e. The molecule has 0 atom stereocenters. The minimum Gasteiger partial charge on any atom is -0.0619 e. The molecule has 8 aromatic carbocycles. The highest BCUT2D eigenvalue weighted by molar-refractivity contribution is 6.12. The lowest BCUT2D eigenvalue weighted by Crippen LogP contribution is -1.95. The predicted molar refractivity (Wildman–Crippen MR) is 176 cm³/mol. The van der Waals surface area contributed by atoms with Gasteiger partial charge in [0.25, 0.3) is 0 Å². The molecule has 0 amide bonds. The van der Waals surface area contributed by atoms with Crippen molar-refractivity contribution < 1.29 is 0 Å². The second kappa shape index (κ2) is 8.65. The average Bonchev–Trinajstić information content (AvgIpc) is 3.41. The van der Waals surface area contributed by atoms with Gasteiger partial charge in [0.15, 0.2) is 0 Å². The summed E-state index contributed by atoms with van der Waals surface area (Å²) in [6, 6.07) is 54.1. The lowest BCUT2D eigenvalue weighted by Gasteiger charge is -2.19. The van der Waals surface area contributed by atoms with Crippen LogP contribution in [0.2, 0.25) is 0 Å². The molecular weight excluding hydrogens is 492 g/mol. The first-order valence-electron chi connectivity index (χ1n) is 14.4. The van der Waals surface area contributed by atoms with E-state index in [0.717, 1.165) is 6.42 Å². The van der Waals surface area contributed by atoms with Crippen molar-refractivity contribution in [1.29, 1.82) is 0 Å². The quantitative estimate of drug-likeness (QED) is 0.200. The maximum absolute atomic E-state index is 2.39. The summed E-state index contributed by atoms with van der Waals surface area (Å²) in [5, 5.41) is 10.3. The van der Waals surface area contributed by atoms with Gasteiger partial charge in [-0.1, -0.05) is 121 Å². The first-order chi connectivity index (χ1) is 20.3. The molecule has 9 rings (SSSR count). The largest absolute Gasteiger partial charge is 0.0619 e. The fraction of sp³-hybridized carbons (Fsp3) is 0.0244. The van der Waals surface area contributed by atoms with E-state index in [1.54, 1.807) is 0 Å². The lowest BCUT2D eigenvalue weighted by atomic mass is 9.84. The Bertz CT molecular complexity index is 2340. The van der Waals surface area contributed by atoms with E-state index >= 15 is 0 Å². The molecule has 0 radical (unpaired) electrons. The molecule has 8 aromatic rings. The van der Waals surface area contributed by atoms with Crippen LogP contribution in [0.3, 0.4) is 0 Å². The van der Waals surface area contributed by atoms with Gasteiger partial charge in [0.05, 0.1) is 0 Å². The molecule has 0 aliphatic heterocycles. The highest BCUT2D eigenvalue weighted by Gasteiger charge is 2.25. The number of hydrogen-bond donors (Lipinski definition) is 0. The summed E-state index contributed by atoms with van der Waals surface area (Å²) < 4.78 is 0. The monoisotopic (exact) mass is 518 g/mol. The molecule has 0 heterocycles. The number of hydrogen-bond acceptors (Lipinski definition) is 0. The Kier molecular flexibility index (Phi) is 4.77. The van der Waals surface area contributed by atoms with Gasteiger partial charge in [-0.05, 0) is 118 Å². The molecular formula is C41H26. The Morgan fingerprint density at radius 1 is 0.317 bits per heavy atom. The van der Waals surface area contributed by atoms with E-state index < -0.39 is 0 Å². The molecule has 0 heteroatoms. The van der Waals surface area contributed by atoms with Gasteiger partial charge in [0.2, 0.25) is 0 Å². The average molecular weight is 519 g/mol. The Labute approximate surface area is 239 Å². The Morgan fingerprint density at radius 2 is 0.805 bits per heavy atom. The molecule has 0 saturated carbocycles. The molecule has 0 nitrogen and oxygen atoms in total. The minimum absolute atomic E-state index is 0.951. The zero-order chi connectivity index (χ0) is 26.9. The van der Waals surface area contributed by atoms with Crippen molar-refractivity contribution in [2.45, 2.75) is 6.42 Å².